The van der Waals surface area contributed by atoms with Crippen LogP contribution in [0.5, 0.6) is 0 Å². The second-order valence-electron chi connectivity index (χ2n) is 3.59. The summed E-state index contributed by atoms with van der Waals surface area (Å²) < 4.78 is 0. The summed E-state index contributed by atoms with van der Waals surface area (Å²) in [4.78, 5) is 24.2. The Balaban J connectivity index is 2.77. The second kappa shape index (κ2) is 5.39. The third-order valence-electron chi connectivity index (χ3n) is 2.50. The molecular weight excluding hydrogens is 214 g/mol. The van der Waals surface area contributed by atoms with Gasteiger partial charge in [0.1, 0.15) is 6.04 Å². The van der Waals surface area contributed by atoms with Crippen LogP contribution in [0.1, 0.15) is 33.1 Å². The van der Waals surface area contributed by atoms with Crippen LogP contribution in [0.15, 0.2) is 0 Å². The van der Waals surface area contributed by atoms with Crippen LogP contribution in [0.2, 0.25) is 0 Å². The molecule has 2 unspecified atom stereocenters. The first-order valence-corrected chi connectivity index (χ1v) is 6.32. The molecule has 2 atom stereocenters. The van der Waals surface area contributed by atoms with Gasteiger partial charge in [-0.1, -0.05) is 20.3 Å². The molecule has 0 bridgehead atoms. The molecule has 0 aromatic rings. The molecule has 0 spiro atoms. The van der Waals surface area contributed by atoms with Crippen LogP contribution in [0.4, 0.5) is 0 Å². The van der Waals surface area contributed by atoms with Crippen molar-refractivity contribution in [3.8, 4) is 0 Å². The molecular formula is C10H17NO3S. The highest BCUT2D eigenvalue weighted by Crippen LogP contribution is 2.32. The molecule has 1 N–H and O–H groups in total. The first-order valence-electron chi connectivity index (χ1n) is 5.27. The zero-order valence-corrected chi connectivity index (χ0v) is 9.92. The molecule has 0 saturated carbocycles. The number of thioether (sulfide) groups is 1. The van der Waals surface area contributed by atoms with Gasteiger partial charge in [0.25, 0.3) is 0 Å². The van der Waals surface area contributed by atoms with Crippen LogP contribution in [0.3, 0.4) is 0 Å². The molecule has 0 aliphatic carbocycles. The van der Waals surface area contributed by atoms with Crippen molar-refractivity contribution in [3.05, 3.63) is 0 Å². The molecule has 86 valence electrons. The number of carboxylic acid groups (broad SMARTS) is 1. The molecule has 1 aliphatic rings. The molecule has 0 aromatic heterocycles. The molecule has 0 radical (unpaired) electrons. The number of carboxylic acids is 1. The van der Waals surface area contributed by atoms with E-state index in [1.165, 1.54) is 0 Å². The van der Waals surface area contributed by atoms with Crippen molar-refractivity contribution in [1.82, 2.24) is 4.90 Å². The SMILES string of the molecule is CCCC1SCC(C(=O)O)N1C(=O)CC. The summed E-state index contributed by atoms with van der Waals surface area (Å²) in [6.07, 6.45) is 2.22. The molecule has 1 rings (SSSR count). The van der Waals surface area contributed by atoms with Crippen molar-refractivity contribution in [2.24, 2.45) is 0 Å². The predicted molar refractivity (Wildman–Crippen MR) is 59.7 cm³/mol. The molecule has 15 heavy (non-hydrogen) atoms. The summed E-state index contributed by atoms with van der Waals surface area (Å²) >= 11 is 1.58. The van der Waals surface area contributed by atoms with Gasteiger partial charge in [0, 0.05) is 12.2 Å². The highest BCUT2D eigenvalue weighted by atomic mass is 32.2. The van der Waals surface area contributed by atoms with Gasteiger partial charge in [0.2, 0.25) is 5.91 Å². The third-order valence-corrected chi connectivity index (χ3v) is 3.86. The van der Waals surface area contributed by atoms with Gasteiger partial charge < -0.3 is 10.0 Å². The Labute approximate surface area is 94.0 Å². The third kappa shape index (κ3) is 2.65. The lowest BCUT2D eigenvalue weighted by Crippen LogP contribution is -2.45. The summed E-state index contributed by atoms with van der Waals surface area (Å²) in [6.45, 7) is 3.82. The van der Waals surface area contributed by atoms with E-state index in [2.05, 4.69) is 0 Å². The minimum atomic E-state index is -0.886. The molecule has 1 saturated heterocycles. The van der Waals surface area contributed by atoms with Crippen LogP contribution in [0, 0.1) is 0 Å². The molecule has 1 amide bonds. The van der Waals surface area contributed by atoms with Crippen LogP contribution >= 0.6 is 11.8 Å². The van der Waals surface area contributed by atoms with Crippen molar-refractivity contribution in [1.29, 1.82) is 0 Å². The number of amides is 1. The van der Waals surface area contributed by atoms with Crippen LogP contribution in [-0.2, 0) is 9.59 Å². The Bertz CT molecular complexity index is 257. The normalized spacial score (nSPS) is 25.6. The minimum absolute atomic E-state index is 0.0501. The van der Waals surface area contributed by atoms with Gasteiger partial charge in [-0.15, -0.1) is 11.8 Å². The molecule has 5 heteroatoms. The van der Waals surface area contributed by atoms with Crippen molar-refractivity contribution >= 4 is 23.6 Å². The fourth-order valence-electron chi connectivity index (χ4n) is 1.74. The van der Waals surface area contributed by atoms with Gasteiger partial charge >= 0.3 is 5.97 Å². The van der Waals surface area contributed by atoms with Crippen molar-refractivity contribution < 1.29 is 14.7 Å². The Morgan fingerprint density at radius 3 is 2.60 bits per heavy atom. The molecule has 1 aliphatic heterocycles. The Morgan fingerprint density at radius 2 is 2.13 bits per heavy atom. The molecule has 4 nitrogen and oxygen atoms in total. The quantitative estimate of drug-likeness (QED) is 0.797. The smallest absolute Gasteiger partial charge is 0.327 e. The summed E-state index contributed by atoms with van der Waals surface area (Å²) in [7, 11) is 0. The maximum Gasteiger partial charge on any atom is 0.327 e. The zero-order valence-electron chi connectivity index (χ0n) is 9.10. The largest absolute Gasteiger partial charge is 0.480 e. The van der Waals surface area contributed by atoms with E-state index in [1.807, 2.05) is 6.92 Å². The lowest BCUT2D eigenvalue weighted by molar-refractivity contribution is -0.149. The van der Waals surface area contributed by atoms with E-state index in [9.17, 15) is 9.59 Å². The van der Waals surface area contributed by atoms with E-state index in [0.717, 1.165) is 12.8 Å². The van der Waals surface area contributed by atoms with Gasteiger partial charge in [-0.25, -0.2) is 4.79 Å². The van der Waals surface area contributed by atoms with Gasteiger partial charge in [0.05, 0.1) is 5.37 Å². The van der Waals surface area contributed by atoms with Crippen LogP contribution in [0.25, 0.3) is 0 Å². The van der Waals surface area contributed by atoms with Crippen LogP contribution in [-0.4, -0.2) is 39.1 Å². The van der Waals surface area contributed by atoms with Crippen LogP contribution < -0.4 is 0 Å². The first-order chi connectivity index (χ1) is 7.11. The van der Waals surface area contributed by atoms with Gasteiger partial charge in [-0.05, 0) is 6.42 Å². The van der Waals surface area contributed by atoms with Crippen molar-refractivity contribution in [3.63, 3.8) is 0 Å². The average molecular weight is 231 g/mol. The van der Waals surface area contributed by atoms with Gasteiger partial charge in [-0.2, -0.15) is 0 Å². The maximum absolute atomic E-state index is 11.7. The highest BCUT2D eigenvalue weighted by Gasteiger charge is 2.40. The van der Waals surface area contributed by atoms with E-state index >= 15 is 0 Å². The van der Waals surface area contributed by atoms with Crippen molar-refractivity contribution in [2.45, 2.75) is 44.5 Å². The van der Waals surface area contributed by atoms with Crippen molar-refractivity contribution in [2.75, 3.05) is 5.75 Å². The predicted octanol–water partition coefficient (Wildman–Crippen LogP) is 1.55. The number of hydrogen-bond acceptors (Lipinski definition) is 3. The fraction of sp³-hybridized carbons (Fsp3) is 0.800. The summed E-state index contributed by atoms with van der Waals surface area (Å²) in [5, 5.41) is 9.07. The van der Waals surface area contributed by atoms with Gasteiger partial charge in [-0.3, -0.25) is 4.79 Å². The summed E-state index contributed by atoms with van der Waals surface area (Å²) in [6, 6.07) is -0.626. The average Bonchev–Trinajstić information content (AvgIpc) is 2.61. The van der Waals surface area contributed by atoms with E-state index < -0.39 is 12.0 Å². The molecule has 0 aromatic carbocycles. The standard InChI is InChI=1S/C10H17NO3S/c1-3-5-9-11(8(12)4-2)7(6-15-9)10(13)14/h7,9H,3-6H2,1-2H3,(H,13,14). The highest BCUT2D eigenvalue weighted by molar-refractivity contribution is 8.00. The number of hydrogen-bond donors (Lipinski definition) is 1. The lowest BCUT2D eigenvalue weighted by Gasteiger charge is -2.26. The second-order valence-corrected chi connectivity index (χ2v) is 4.80. The van der Waals surface area contributed by atoms with Gasteiger partial charge in [0.15, 0.2) is 0 Å². The summed E-state index contributed by atoms with van der Waals surface area (Å²) in [5.74, 6) is -0.417. The fourth-order valence-corrected chi connectivity index (χ4v) is 3.28. The Kier molecular flexibility index (Phi) is 4.45. The number of nitrogens with zero attached hydrogens (tertiary/aromatic N) is 1. The number of rotatable bonds is 4. The molecule has 1 fully saturated rings. The van der Waals surface area contributed by atoms with E-state index in [0.29, 0.717) is 12.2 Å². The first kappa shape index (κ1) is 12.4. The minimum Gasteiger partial charge on any atom is -0.480 e. The molecule has 1 heterocycles. The lowest BCUT2D eigenvalue weighted by atomic mass is 10.2. The van der Waals surface area contributed by atoms with E-state index in [-0.39, 0.29) is 11.3 Å². The number of aliphatic carboxylic acids is 1. The topological polar surface area (TPSA) is 57.6 Å². The Morgan fingerprint density at radius 1 is 1.47 bits per heavy atom. The monoisotopic (exact) mass is 231 g/mol. The van der Waals surface area contributed by atoms with E-state index in [1.54, 1.807) is 23.6 Å². The van der Waals surface area contributed by atoms with E-state index in [4.69, 9.17) is 5.11 Å². The maximum atomic E-state index is 11.7. The number of carbonyl (C=O) groups excluding carboxylic acids is 1. The Hall–Kier alpha value is -0.710. The number of carbonyl (C=O) groups is 2. The summed E-state index contributed by atoms with van der Waals surface area (Å²) in [5.41, 5.74) is 0. The zero-order chi connectivity index (χ0) is 11.4.